The molecule has 0 aliphatic carbocycles. The smallest absolute Gasteiger partial charge is 0.187 e. The molecule has 3 aromatic rings. The summed E-state index contributed by atoms with van der Waals surface area (Å²) in [5.41, 5.74) is 7.70. The Labute approximate surface area is 126 Å². The molecule has 0 atom stereocenters. The van der Waals surface area contributed by atoms with Crippen LogP contribution >= 0.6 is 23.6 Å². The Balaban J connectivity index is 2.12. The van der Waals surface area contributed by atoms with Crippen LogP contribution in [0.15, 0.2) is 42.6 Å². The Kier molecular flexibility index (Phi) is 3.38. The van der Waals surface area contributed by atoms with E-state index in [1.807, 2.05) is 43.5 Å². The van der Waals surface area contributed by atoms with Crippen LogP contribution in [0.2, 0.25) is 0 Å². The van der Waals surface area contributed by atoms with E-state index in [-0.39, 0.29) is 0 Å². The van der Waals surface area contributed by atoms with Crippen molar-refractivity contribution in [3.63, 3.8) is 0 Å². The molecule has 2 aromatic carbocycles. The van der Waals surface area contributed by atoms with Gasteiger partial charge in [0.2, 0.25) is 0 Å². The van der Waals surface area contributed by atoms with Gasteiger partial charge in [-0.3, -0.25) is 0 Å². The predicted octanol–water partition coefficient (Wildman–Crippen LogP) is 3.98. The van der Waals surface area contributed by atoms with E-state index in [2.05, 4.69) is 16.4 Å². The highest BCUT2D eigenvalue weighted by atomic mass is 32.1. The number of hydrogen-bond donors (Lipinski definition) is 2. The molecule has 0 bridgehead atoms. The number of hydrogen-bond acceptors (Lipinski definition) is 4. The fraction of sp³-hybridized carbons (Fsp3) is 0.0667. The number of thiocarbonyl (C=S) groups is 1. The first-order chi connectivity index (χ1) is 9.65. The second-order valence-electron chi connectivity index (χ2n) is 4.47. The predicted molar refractivity (Wildman–Crippen MR) is 90.0 cm³/mol. The summed E-state index contributed by atoms with van der Waals surface area (Å²) < 4.78 is 0. The number of benzene rings is 2. The number of fused-ring (bicyclic) bond motifs is 1. The highest BCUT2D eigenvalue weighted by Crippen LogP contribution is 2.30. The zero-order valence-corrected chi connectivity index (χ0v) is 12.5. The lowest BCUT2D eigenvalue weighted by atomic mass is 10.0. The summed E-state index contributed by atoms with van der Waals surface area (Å²) in [5, 5.41) is 6.38. The lowest BCUT2D eigenvalue weighted by Gasteiger charge is -2.10. The third-order valence-corrected chi connectivity index (χ3v) is 4.10. The molecule has 20 heavy (non-hydrogen) atoms. The van der Waals surface area contributed by atoms with Crippen molar-refractivity contribution in [3.05, 3.63) is 53.0 Å². The van der Waals surface area contributed by atoms with Crippen molar-refractivity contribution >= 4 is 50.1 Å². The number of anilines is 2. The third kappa shape index (κ3) is 2.37. The van der Waals surface area contributed by atoms with Crippen LogP contribution in [0, 0.1) is 6.92 Å². The van der Waals surface area contributed by atoms with Crippen LogP contribution in [0.25, 0.3) is 10.8 Å². The fourth-order valence-electron chi connectivity index (χ4n) is 2.15. The topological polar surface area (TPSA) is 50.9 Å². The van der Waals surface area contributed by atoms with Crippen LogP contribution in [0.4, 0.5) is 10.8 Å². The largest absolute Gasteiger partial charge is 0.389 e. The van der Waals surface area contributed by atoms with Crippen molar-refractivity contribution in [2.24, 2.45) is 5.73 Å². The van der Waals surface area contributed by atoms with Crippen molar-refractivity contribution in [1.82, 2.24) is 4.98 Å². The minimum Gasteiger partial charge on any atom is -0.389 e. The van der Waals surface area contributed by atoms with Gasteiger partial charge in [0.25, 0.3) is 0 Å². The molecule has 5 heteroatoms. The van der Waals surface area contributed by atoms with Gasteiger partial charge < -0.3 is 11.1 Å². The molecule has 3 rings (SSSR count). The van der Waals surface area contributed by atoms with Gasteiger partial charge in [-0.25, -0.2) is 4.98 Å². The third-order valence-electron chi connectivity index (χ3n) is 3.05. The zero-order valence-electron chi connectivity index (χ0n) is 10.9. The van der Waals surface area contributed by atoms with Gasteiger partial charge >= 0.3 is 0 Å². The van der Waals surface area contributed by atoms with Crippen molar-refractivity contribution in [1.29, 1.82) is 0 Å². The number of nitrogens with two attached hydrogens (primary N) is 1. The maximum absolute atomic E-state index is 5.79. The molecule has 0 amide bonds. The first kappa shape index (κ1) is 13.0. The summed E-state index contributed by atoms with van der Waals surface area (Å²) in [7, 11) is 0. The molecule has 0 unspecified atom stereocenters. The van der Waals surface area contributed by atoms with E-state index in [0.29, 0.717) is 4.99 Å². The summed E-state index contributed by atoms with van der Waals surface area (Å²) in [4.78, 5) is 5.92. The van der Waals surface area contributed by atoms with Gasteiger partial charge in [-0.15, -0.1) is 11.3 Å². The summed E-state index contributed by atoms with van der Waals surface area (Å²) in [6, 6.07) is 12.0. The molecule has 0 saturated heterocycles. The SMILES string of the molecule is Cc1cnc(Nc2ccc(C(N)=S)c3ccccc23)s1. The minimum atomic E-state index is 0.415. The van der Waals surface area contributed by atoms with Gasteiger partial charge in [-0.2, -0.15) is 0 Å². The highest BCUT2D eigenvalue weighted by Gasteiger charge is 2.08. The Morgan fingerprint density at radius 2 is 1.95 bits per heavy atom. The van der Waals surface area contributed by atoms with E-state index in [4.69, 9.17) is 18.0 Å². The van der Waals surface area contributed by atoms with Crippen LogP contribution in [0.1, 0.15) is 10.4 Å². The average molecular weight is 299 g/mol. The van der Waals surface area contributed by atoms with Crippen molar-refractivity contribution in [2.45, 2.75) is 6.92 Å². The molecule has 0 radical (unpaired) electrons. The van der Waals surface area contributed by atoms with E-state index >= 15 is 0 Å². The maximum atomic E-state index is 5.79. The van der Waals surface area contributed by atoms with E-state index in [1.165, 1.54) is 4.88 Å². The summed E-state index contributed by atoms with van der Waals surface area (Å²) in [6.07, 6.45) is 1.86. The molecule has 100 valence electrons. The van der Waals surface area contributed by atoms with Gasteiger partial charge in [0.1, 0.15) is 4.99 Å². The average Bonchev–Trinajstić information content (AvgIpc) is 2.84. The lowest BCUT2D eigenvalue weighted by molar-refractivity contribution is 1.37. The Bertz CT molecular complexity index is 793. The van der Waals surface area contributed by atoms with Crippen molar-refractivity contribution < 1.29 is 0 Å². The van der Waals surface area contributed by atoms with Crippen molar-refractivity contribution in [2.75, 3.05) is 5.32 Å². The van der Waals surface area contributed by atoms with Crippen LogP contribution in [0.5, 0.6) is 0 Å². The van der Waals surface area contributed by atoms with Gasteiger partial charge in [-0.1, -0.05) is 36.5 Å². The first-order valence-corrected chi connectivity index (χ1v) is 7.38. The summed E-state index contributed by atoms with van der Waals surface area (Å²) >= 11 is 6.74. The van der Waals surface area contributed by atoms with Crippen molar-refractivity contribution in [3.8, 4) is 0 Å². The summed E-state index contributed by atoms with van der Waals surface area (Å²) in [5.74, 6) is 0. The number of aromatic nitrogens is 1. The van der Waals surface area contributed by atoms with Crippen LogP contribution in [-0.2, 0) is 0 Å². The van der Waals surface area contributed by atoms with Gasteiger partial charge in [0, 0.05) is 27.7 Å². The second-order valence-corrected chi connectivity index (χ2v) is 6.15. The molecule has 0 aliphatic heterocycles. The van der Waals surface area contributed by atoms with Crippen LogP contribution in [0.3, 0.4) is 0 Å². The minimum absolute atomic E-state index is 0.415. The van der Waals surface area contributed by atoms with E-state index in [9.17, 15) is 0 Å². The molecule has 3 N–H and O–H groups in total. The highest BCUT2D eigenvalue weighted by molar-refractivity contribution is 7.80. The quantitative estimate of drug-likeness (QED) is 0.718. The van der Waals surface area contributed by atoms with Crippen LogP contribution < -0.4 is 11.1 Å². The van der Waals surface area contributed by atoms with E-state index < -0.39 is 0 Å². The maximum Gasteiger partial charge on any atom is 0.187 e. The Morgan fingerprint density at radius 1 is 1.20 bits per heavy atom. The standard InChI is InChI=1S/C15H13N3S2/c1-9-8-17-15(20-9)18-13-7-6-12(14(16)19)10-4-2-3-5-11(10)13/h2-8H,1H3,(H2,16,19)(H,17,18). The second kappa shape index (κ2) is 5.19. The van der Waals surface area contributed by atoms with E-state index in [0.717, 1.165) is 27.2 Å². The number of nitrogens with zero attached hydrogens (tertiary/aromatic N) is 1. The van der Waals surface area contributed by atoms with Gasteiger partial charge in [0.15, 0.2) is 5.13 Å². The molecule has 0 aliphatic rings. The fourth-order valence-corrected chi connectivity index (χ4v) is 3.01. The number of aryl methyl sites for hydroxylation is 1. The molecular weight excluding hydrogens is 286 g/mol. The van der Waals surface area contributed by atoms with Crippen LogP contribution in [-0.4, -0.2) is 9.97 Å². The normalized spacial score (nSPS) is 10.7. The molecule has 0 saturated carbocycles. The molecule has 3 nitrogen and oxygen atoms in total. The zero-order chi connectivity index (χ0) is 14.1. The number of thiazole rings is 1. The molecule has 0 spiro atoms. The monoisotopic (exact) mass is 299 g/mol. The Morgan fingerprint density at radius 3 is 2.60 bits per heavy atom. The number of rotatable bonds is 3. The molecule has 1 heterocycles. The van der Waals surface area contributed by atoms with E-state index in [1.54, 1.807) is 11.3 Å². The molecule has 0 fully saturated rings. The van der Waals surface area contributed by atoms with Gasteiger partial charge in [-0.05, 0) is 24.4 Å². The first-order valence-electron chi connectivity index (χ1n) is 6.16. The Hall–Kier alpha value is -1.98. The number of nitrogens with one attached hydrogen (secondary N) is 1. The van der Waals surface area contributed by atoms with Gasteiger partial charge in [0.05, 0.1) is 0 Å². The molecular formula is C15H13N3S2. The molecule has 1 aromatic heterocycles. The summed E-state index contributed by atoms with van der Waals surface area (Å²) in [6.45, 7) is 2.04. The lowest BCUT2D eigenvalue weighted by Crippen LogP contribution is -2.10.